The molecule has 0 unspecified atom stereocenters. The highest BCUT2D eigenvalue weighted by atomic mass is 35.5. The zero-order chi connectivity index (χ0) is 11.5. The lowest BCUT2D eigenvalue weighted by Gasteiger charge is -2.03. The molecular weight excluding hydrogens is 236 g/mol. The zero-order valence-electron chi connectivity index (χ0n) is 9.76. The van der Waals surface area contributed by atoms with Gasteiger partial charge in [0.1, 0.15) is 0 Å². The van der Waals surface area contributed by atoms with Crippen molar-refractivity contribution >= 4 is 24.1 Å². The summed E-state index contributed by atoms with van der Waals surface area (Å²) < 4.78 is 0. The number of nitrogens with zero attached hydrogens (tertiary/aromatic N) is 2. The van der Waals surface area contributed by atoms with Crippen LogP contribution in [0, 0.1) is 12.8 Å². The van der Waals surface area contributed by atoms with Crippen molar-refractivity contribution in [1.29, 1.82) is 0 Å². The van der Waals surface area contributed by atoms with Crippen molar-refractivity contribution in [3.05, 3.63) is 35.4 Å². The second-order valence-corrected chi connectivity index (χ2v) is 4.15. The maximum atomic E-state index is 5.28. The molecule has 0 amide bonds. The van der Waals surface area contributed by atoms with Gasteiger partial charge in [-0.15, -0.1) is 17.5 Å². The Balaban J connectivity index is 0.00000144. The van der Waals surface area contributed by atoms with Gasteiger partial charge in [-0.1, -0.05) is 29.8 Å². The third-order valence-corrected chi connectivity index (χ3v) is 2.58. The second-order valence-electron chi connectivity index (χ2n) is 4.15. The molecule has 1 aliphatic rings. The fraction of sp³-hybridized carbons (Fsp3) is 0.333. The van der Waals surface area contributed by atoms with Crippen LogP contribution < -0.4 is 11.5 Å². The molecule has 17 heavy (non-hydrogen) atoms. The minimum Gasteiger partial charge on any atom is -0.369 e. The summed E-state index contributed by atoms with van der Waals surface area (Å²) in [6.45, 7) is 2.06. The van der Waals surface area contributed by atoms with Crippen molar-refractivity contribution < 1.29 is 0 Å². The van der Waals surface area contributed by atoms with Crippen LogP contribution >= 0.6 is 12.4 Å². The molecule has 0 aliphatic heterocycles. The normalized spacial score (nSPS) is 15.0. The summed E-state index contributed by atoms with van der Waals surface area (Å²) in [4.78, 5) is 0. The molecule has 2 rings (SSSR count). The Morgan fingerprint density at radius 3 is 2.18 bits per heavy atom. The molecule has 1 aromatic rings. The van der Waals surface area contributed by atoms with Crippen LogP contribution in [-0.2, 0) is 0 Å². The smallest absolute Gasteiger partial charge is 0.211 e. The van der Waals surface area contributed by atoms with Crippen LogP contribution in [0.1, 0.15) is 24.0 Å². The maximum absolute atomic E-state index is 5.28. The van der Waals surface area contributed by atoms with Gasteiger partial charge < -0.3 is 11.5 Å². The molecule has 1 saturated carbocycles. The fourth-order valence-corrected chi connectivity index (χ4v) is 1.57. The summed E-state index contributed by atoms with van der Waals surface area (Å²) in [6.07, 6.45) is 2.35. The van der Waals surface area contributed by atoms with Gasteiger partial charge in [-0.25, -0.2) is 0 Å². The Morgan fingerprint density at radius 1 is 1.12 bits per heavy atom. The van der Waals surface area contributed by atoms with Gasteiger partial charge in [0.05, 0.1) is 5.71 Å². The summed E-state index contributed by atoms with van der Waals surface area (Å²) in [5.74, 6) is 0.524. The van der Waals surface area contributed by atoms with Crippen molar-refractivity contribution in [2.24, 2.45) is 27.6 Å². The molecule has 1 aromatic carbocycles. The average molecular weight is 253 g/mol. The Kier molecular flexibility index (Phi) is 4.52. The number of benzene rings is 1. The summed E-state index contributed by atoms with van der Waals surface area (Å²) in [7, 11) is 0. The Labute approximate surface area is 107 Å². The van der Waals surface area contributed by atoms with Gasteiger partial charge in [-0.3, -0.25) is 0 Å². The zero-order valence-corrected chi connectivity index (χ0v) is 10.6. The SMILES string of the molecule is Cc1ccc(/C(=N\N=C(N)N)C2CC2)cc1.Cl. The summed E-state index contributed by atoms with van der Waals surface area (Å²) >= 11 is 0. The van der Waals surface area contributed by atoms with Crippen molar-refractivity contribution in [1.82, 2.24) is 0 Å². The average Bonchev–Trinajstić information content (AvgIpc) is 3.04. The summed E-state index contributed by atoms with van der Waals surface area (Å²) in [6, 6.07) is 8.27. The molecule has 0 radical (unpaired) electrons. The first-order chi connectivity index (χ1) is 7.66. The molecule has 0 spiro atoms. The van der Waals surface area contributed by atoms with Crippen LogP contribution in [0.5, 0.6) is 0 Å². The first-order valence-corrected chi connectivity index (χ1v) is 5.40. The molecule has 0 saturated heterocycles. The largest absolute Gasteiger partial charge is 0.369 e. The predicted molar refractivity (Wildman–Crippen MR) is 73.5 cm³/mol. The van der Waals surface area contributed by atoms with Gasteiger partial charge in [-0.05, 0) is 25.3 Å². The van der Waals surface area contributed by atoms with Crippen LogP contribution in [0.25, 0.3) is 0 Å². The molecule has 1 fully saturated rings. The van der Waals surface area contributed by atoms with Crippen molar-refractivity contribution in [2.75, 3.05) is 0 Å². The van der Waals surface area contributed by atoms with Crippen molar-refractivity contribution in [3.63, 3.8) is 0 Å². The van der Waals surface area contributed by atoms with Gasteiger partial charge in [0.15, 0.2) is 0 Å². The van der Waals surface area contributed by atoms with Crippen molar-refractivity contribution in [2.45, 2.75) is 19.8 Å². The van der Waals surface area contributed by atoms with Gasteiger partial charge in [-0.2, -0.15) is 5.10 Å². The summed E-state index contributed by atoms with van der Waals surface area (Å²) in [5, 5.41) is 7.88. The van der Waals surface area contributed by atoms with E-state index < -0.39 is 0 Å². The van der Waals surface area contributed by atoms with E-state index in [-0.39, 0.29) is 18.4 Å². The van der Waals surface area contributed by atoms with Gasteiger partial charge in [0, 0.05) is 5.92 Å². The number of aryl methyl sites for hydroxylation is 1. The Bertz CT molecular complexity index is 428. The van der Waals surface area contributed by atoms with E-state index in [1.165, 1.54) is 18.4 Å². The molecule has 4 N–H and O–H groups in total. The number of nitrogens with two attached hydrogens (primary N) is 2. The molecule has 5 heteroatoms. The third kappa shape index (κ3) is 3.75. The van der Waals surface area contributed by atoms with E-state index in [9.17, 15) is 0 Å². The predicted octanol–water partition coefficient (Wildman–Crippen LogP) is 1.80. The van der Waals surface area contributed by atoms with Crippen LogP contribution in [0.4, 0.5) is 0 Å². The van der Waals surface area contributed by atoms with E-state index in [4.69, 9.17) is 11.5 Å². The van der Waals surface area contributed by atoms with Gasteiger partial charge in [0.25, 0.3) is 0 Å². The molecule has 0 heterocycles. The van der Waals surface area contributed by atoms with Crippen LogP contribution in [0.3, 0.4) is 0 Å². The van der Waals surface area contributed by atoms with E-state index in [2.05, 4.69) is 41.4 Å². The van der Waals surface area contributed by atoms with E-state index in [0.717, 1.165) is 11.3 Å². The van der Waals surface area contributed by atoms with Crippen LogP contribution in [0.15, 0.2) is 34.5 Å². The second kappa shape index (κ2) is 5.68. The minimum absolute atomic E-state index is 0. The molecule has 0 atom stereocenters. The van der Waals surface area contributed by atoms with E-state index in [0.29, 0.717) is 5.92 Å². The standard InChI is InChI=1S/C12H16N4.ClH/c1-8-2-4-9(5-3-8)11(10-6-7-10)15-16-12(13)14;/h2-5,10H,6-7H2,1H3,(H4,13,14,16);1H/b15-11+;. The topological polar surface area (TPSA) is 76.8 Å². The Hall–Kier alpha value is -1.55. The first-order valence-electron chi connectivity index (χ1n) is 5.40. The van der Waals surface area contributed by atoms with Gasteiger partial charge >= 0.3 is 0 Å². The number of halogens is 1. The molecule has 0 aromatic heterocycles. The van der Waals surface area contributed by atoms with Crippen LogP contribution in [-0.4, -0.2) is 11.7 Å². The molecule has 1 aliphatic carbocycles. The minimum atomic E-state index is 0. The highest BCUT2D eigenvalue weighted by molar-refractivity contribution is 6.03. The van der Waals surface area contributed by atoms with Crippen molar-refractivity contribution in [3.8, 4) is 0 Å². The van der Waals surface area contributed by atoms with Crippen LogP contribution in [0.2, 0.25) is 0 Å². The third-order valence-electron chi connectivity index (χ3n) is 2.58. The number of hydrogen-bond donors (Lipinski definition) is 2. The monoisotopic (exact) mass is 252 g/mol. The molecular formula is C12H17ClN4. The highest BCUT2D eigenvalue weighted by Gasteiger charge is 2.28. The highest BCUT2D eigenvalue weighted by Crippen LogP contribution is 2.33. The summed E-state index contributed by atoms with van der Waals surface area (Å²) in [5.41, 5.74) is 13.9. The lowest BCUT2D eigenvalue weighted by molar-refractivity contribution is 1.11. The van der Waals surface area contributed by atoms with Gasteiger partial charge in [0.2, 0.25) is 5.96 Å². The molecule has 4 nitrogen and oxygen atoms in total. The lowest BCUT2D eigenvalue weighted by Crippen LogP contribution is -2.22. The molecule has 0 bridgehead atoms. The number of hydrogen-bond acceptors (Lipinski definition) is 2. The Morgan fingerprint density at radius 2 is 1.71 bits per heavy atom. The van der Waals surface area contributed by atoms with E-state index in [1.54, 1.807) is 0 Å². The number of rotatable bonds is 3. The fourth-order valence-electron chi connectivity index (χ4n) is 1.57. The number of guanidine groups is 1. The van der Waals surface area contributed by atoms with E-state index >= 15 is 0 Å². The first kappa shape index (κ1) is 13.5. The molecule has 92 valence electrons. The van der Waals surface area contributed by atoms with E-state index in [1.807, 2.05) is 0 Å². The quantitative estimate of drug-likeness (QED) is 0.489. The maximum Gasteiger partial charge on any atom is 0.211 e. The lowest BCUT2D eigenvalue weighted by atomic mass is 10.1.